The minimum atomic E-state index is -0.487. The zero-order valence-corrected chi connectivity index (χ0v) is 14.8. The van der Waals surface area contributed by atoms with Crippen LogP contribution >= 0.6 is 0 Å². The predicted octanol–water partition coefficient (Wildman–Crippen LogP) is 1.06. The van der Waals surface area contributed by atoms with Gasteiger partial charge in [0.05, 0.1) is 0 Å². The number of primary amides is 1. The van der Waals surface area contributed by atoms with E-state index < -0.39 is 15.0 Å². The third-order valence-electron chi connectivity index (χ3n) is 3.41. The Labute approximate surface area is 145 Å². The molecule has 0 radical (unpaired) electrons. The van der Waals surface area contributed by atoms with Gasteiger partial charge in [-0.3, -0.25) is 0 Å². The molecule has 0 saturated carbocycles. The molecule has 124 valence electrons. The number of benzene rings is 1. The van der Waals surface area contributed by atoms with Crippen LogP contribution in [0.25, 0.3) is 11.0 Å². The molecule has 3 N–H and O–H groups in total. The van der Waals surface area contributed by atoms with Crippen LogP contribution in [-0.4, -0.2) is 41.3 Å². The molecule has 3 rings (SSSR count). The van der Waals surface area contributed by atoms with Gasteiger partial charge in [-0.2, -0.15) is 0 Å². The van der Waals surface area contributed by atoms with Crippen LogP contribution in [0.3, 0.4) is 0 Å². The number of nitrogens with zero attached hydrogens (tertiary/aromatic N) is 3. The van der Waals surface area contributed by atoms with E-state index in [1.807, 2.05) is 41.1 Å². The summed E-state index contributed by atoms with van der Waals surface area (Å²) in [6.45, 7) is 0.835. The molecule has 0 bridgehead atoms. The first-order chi connectivity index (χ1) is 11.7. The molecular formula is C16H17N5O2Se. The molecule has 1 aromatic carbocycles. The van der Waals surface area contributed by atoms with E-state index in [0.29, 0.717) is 19.2 Å². The van der Waals surface area contributed by atoms with Gasteiger partial charge < -0.3 is 0 Å². The number of carbonyl (C=O) groups is 1. The fourth-order valence-corrected chi connectivity index (χ4v) is 3.84. The fraction of sp³-hybridized carbons (Fsp3) is 0.188. The summed E-state index contributed by atoms with van der Waals surface area (Å²) in [6.07, 6.45) is 3.36. The standard InChI is InChI=1S/C16H17N5O2Se/c1-18-14-13-12(24-16(17)22)7-21(15(13)20-9-19-14)10-23-8-11-5-3-2-4-6-11/h2-7,9H,8,10H2,1H3,(H2,17,22)(H,18,19,20). The summed E-state index contributed by atoms with van der Waals surface area (Å²) in [7, 11) is 1.78. The van der Waals surface area contributed by atoms with Crippen molar-refractivity contribution in [3.63, 3.8) is 0 Å². The van der Waals surface area contributed by atoms with E-state index in [1.165, 1.54) is 6.33 Å². The number of anilines is 1. The molecule has 0 saturated heterocycles. The fourth-order valence-electron chi connectivity index (χ4n) is 2.40. The normalized spacial score (nSPS) is 10.9. The monoisotopic (exact) mass is 391 g/mol. The molecule has 0 aliphatic rings. The van der Waals surface area contributed by atoms with Gasteiger partial charge in [0.2, 0.25) is 0 Å². The average molecular weight is 390 g/mol. The molecule has 2 heterocycles. The van der Waals surface area contributed by atoms with E-state index in [1.54, 1.807) is 7.05 Å². The molecule has 1 amide bonds. The molecule has 24 heavy (non-hydrogen) atoms. The maximum atomic E-state index is 11.4. The summed E-state index contributed by atoms with van der Waals surface area (Å²) in [5.41, 5.74) is 7.20. The Morgan fingerprint density at radius 2 is 2.12 bits per heavy atom. The molecule has 0 aliphatic carbocycles. The Morgan fingerprint density at radius 3 is 2.83 bits per heavy atom. The maximum absolute atomic E-state index is 11.4. The number of carbonyl (C=O) groups excluding carboxylic acids is 1. The van der Waals surface area contributed by atoms with E-state index >= 15 is 0 Å². The van der Waals surface area contributed by atoms with Crippen molar-refractivity contribution in [2.75, 3.05) is 12.4 Å². The van der Waals surface area contributed by atoms with E-state index in [-0.39, 0.29) is 4.81 Å². The van der Waals surface area contributed by atoms with Gasteiger partial charge in [0.1, 0.15) is 0 Å². The molecule has 8 heteroatoms. The number of rotatable bonds is 7. The van der Waals surface area contributed by atoms with Gasteiger partial charge in [-0.15, -0.1) is 0 Å². The van der Waals surface area contributed by atoms with Gasteiger partial charge in [-0.05, 0) is 0 Å². The number of fused-ring (bicyclic) bond motifs is 1. The summed E-state index contributed by atoms with van der Waals surface area (Å²) in [5.74, 6) is 0.680. The zero-order valence-electron chi connectivity index (χ0n) is 13.1. The van der Waals surface area contributed by atoms with Gasteiger partial charge in [0, 0.05) is 0 Å². The number of hydrogen-bond donors (Lipinski definition) is 2. The van der Waals surface area contributed by atoms with Crippen molar-refractivity contribution in [2.45, 2.75) is 13.3 Å². The zero-order chi connectivity index (χ0) is 16.9. The first-order valence-electron chi connectivity index (χ1n) is 7.29. The molecule has 0 unspecified atom stereocenters. The van der Waals surface area contributed by atoms with Crippen LogP contribution in [0.1, 0.15) is 5.56 Å². The van der Waals surface area contributed by atoms with Gasteiger partial charge in [0.25, 0.3) is 0 Å². The quantitative estimate of drug-likeness (QED) is 0.589. The Kier molecular flexibility index (Phi) is 5.10. The summed E-state index contributed by atoms with van der Waals surface area (Å²) in [5, 5.41) is 3.85. The third kappa shape index (κ3) is 3.56. The Hall–Kier alpha value is -2.41. The molecular weight excluding hydrogens is 373 g/mol. The number of nitrogens with one attached hydrogen (secondary N) is 1. The molecule has 0 spiro atoms. The molecule has 0 aliphatic heterocycles. The van der Waals surface area contributed by atoms with Gasteiger partial charge in [-0.25, -0.2) is 0 Å². The molecule has 3 aromatic rings. The Morgan fingerprint density at radius 1 is 1.33 bits per heavy atom. The van der Waals surface area contributed by atoms with Crippen molar-refractivity contribution in [3.8, 4) is 0 Å². The number of hydrogen-bond acceptors (Lipinski definition) is 5. The number of amides is 1. The van der Waals surface area contributed by atoms with E-state index in [4.69, 9.17) is 10.5 Å². The number of aromatic nitrogens is 3. The molecule has 2 aromatic heterocycles. The SMILES string of the molecule is CNc1ncnc2c1c([Se]C(N)=O)cn2COCc1ccccc1. The van der Waals surface area contributed by atoms with Crippen LogP contribution in [-0.2, 0) is 18.1 Å². The van der Waals surface area contributed by atoms with Crippen molar-refractivity contribution in [2.24, 2.45) is 5.73 Å². The van der Waals surface area contributed by atoms with Gasteiger partial charge >= 0.3 is 145 Å². The Bertz CT molecular complexity index is 850. The van der Waals surface area contributed by atoms with Crippen molar-refractivity contribution in [1.29, 1.82) is 0 Å². The van der Waals surface area contributed by atoms with Crippen LogP contribution < -0.4 is 15.5 Å². The third-order valence-corrected chi connectivity index (χ3v) is 4.94. The first-order valence-corrected chi connectivity index (χ1v) is 9.01. The van der Waals surface area contributed by atoms with Gasteiger partial charge in [-0.1, -0.05) is 0 Å². The molecule has 7 nitrogen and oxygen atoms in total. The first kappa shape index (κ1) is 16.4. The van der Waals surface area contributed by atoms with Crippen LogP contribution in [0.4, 0.5) is 10.6 Å². The van der Waals surface area contributed by atoms with Crippen LogP contribution in [0.5, 0.6) is 0 Å². The topological polar surface area (TPSA) is 95.1 Å². The van der Waals surface area contributed by atoms with E-state index in [9.17, 15) is 4.79 Å². The second-order valence-electron chi connectivity index (χ2n) is 5.02. The number of ether oxygens (including phenoxy) is 1. The summed E-state index contributed by atoms with van der Waals surface area (Å²) in [4.78, 5) is 19.6. The second-order valence-corrected chi connectivity index (χ2v) is 7.21. The summed E-state index contributed by atoms with van der Waals surface area (Å²) >= 11 is -0.487. The molecule has 0 atom stereocenters. The van der Waals surface area contributed by atoms with Crippen LogP contribution in [0, 0.1) is 0 Å². The van der Waals surface area contributed by atoms with E-state index in [0.717, 1.165) is 21.1 Å². The van der Waals surface area contributed by atoms with E-state index in [2.05, 4.69) is 15.3 Å². The number of nitrogens with two attached hydrogens (primary N) is 1. The minimum absolute atomic E-state index is 0.334. The van der Waals surface area contributed by atoms with Crippen molar-refractivity contribution >= 4 is 41.1 Å². The second kappa shape index (κ2) is 7.44. The van der Waals surface area contributed by atoms with Crippen LogP contribution in [0.2, 0.25) is 0 Å². The summed E-state index contributed by atoms with van der Waals surface area (Å²) in [6, 6.07) is 9.94. The predicted molar refractivity (Wildman–Crippen MR) is 93.3 cm³/mol. The van der Waals surface area contributed by atoms with Crippen molar-refractivity contribution in [3.05, 3.63) is 48.4 Å². The van der Waals surface area contributed by atoms with Crippen molar-refractivity contribution < 1.29 is 9.53 Å². The van der Waals surface area contributed by atoms with Gasteiger partial charge in [0.15, 0.2) is 0 Å². The average Bonchev–Trinajstić information content (AvgIpc) is 2.93. The Balaban J connectivity index is 1.86. The van der Waals surface area contributed by atoms with Crippen LogP contribution in [0.15, 0.2) is 42.9 Å². The van der Waals surface area contributed by atoms with Crippen molar-refractivity contribution in [1.82, 2.24) is 14.5 Å². The summed E-state index contributed by atoms with van der Waals surface area (Å²) < 4.78 is 8.50. The molecule has 0 fully saturated rings.